The zero-order valence-corrected chi connectivity index (χ0v) is 11.4. The van der Waals surface area contributed by atoms with Crippen LogP contribution in [0, 0.1) is 0 Å². The Bertz CT molecular complexity index is 434. The Morgan fingerprint density at radius 3 is 2.72 bits per heavy atom. The first-order valence-corrected chi connectivity index (χ1v) is 7.07. The molecule has 1 N–H and O–H groups in total. The van der Waals surface area contributed by atoms with Gasteiger partial charge in [0, 0.05) is 5.39 Å². The second-order valence-electron chi connectivity index (χ2n) is 4.84. The van der Waals surface area contributed by atoms with Crippen molar-refractivity contribution in [2.45, 2.75) is 45.6 Å². The third-order valence-corrected chi connectivity index (χ3v) is 3.28. The summed E-state index contributed by atoms with van der Waals surface area (Å²) >= 11 is 0. The van der Waals surface area contributed by atoms with E-state index in [0.29, 0.717) is 6.04 Å². The first-order chi connectivity index (χ1) is 8.85. The quantitative estimate of drug-likeness (QED) is 0.767. The lowest BCUT2D eigenvalue weighted by molar-refractivity contribution is 0.402. The Balaban J connectivity index is 2.17. The molecule has 0 aliphatic rings. The lowest BCUT2D eigenvalue weighted by atomic mass is 10.1. The number of furan rings is 1. The zero-order chi connectivity index (χ0) is 12.8. The average Bonchev–Trinajstić information content (AvgIpc) is 2.82. The van der Waals surface area contributed by atoms with Crippen molar-refractivity contribution in [3.63, 3.8) is 0 Å². The molecule has 2 heteroatoms. The fraction of sp³-hybridized carbons (Fsp3) is 0.500. The number of hydrogen-bond acceptors (Lipinski definition) is 2. The highest BCUT2D eigenvalue weighted by atomic mass is 16.3. The van der Waals surface area contributed by atoms with E-state index in [4.69, 9.17) is 4.42 Å². The molecule has 0 amide bonds. The van der Waals surface area contributed by atoms with E-state index in [1.165, 1.54) is 18.2 Å². The van der Waals surface area contributed by atoms with E-state index in [1.807, 2.05) is 12.1 Å². The van der Waals surface area contributed by atoms with Crippen LogP contribution in [0.3, 0.4) is 0 Å². The van der Waals surface area contributed by atoms with Crippen LogP contribution in [0.2, 0.25) is 0 Å². The van der Waals surface area contributed by atoms with Crippen LogP contribution in [0.15, 0.2) is 34.7 Å². The molecule has 0 radical (unpaired) electrons. The van der Waals surface area contributed by atoms with Crippen molar-refractivity contribution in [2.24, 2.45) is 0 Å². The van der Waals surface area contributed by atoms with Gasteiger partial charge in [-0.15, -0.1) is 0 Å². The smallest absolute Gasteiger partial charge is 0.134 e. The van der Waals surface area contributed by atoms with Gasteiger partial charge >= 0.3 is 0 Å². The van der Waals surface area contributed by atoms with Crippen LogP contribution in [0.25, 0.3) is 11.0 Å². The second-order valence-corrected chi connectivity index (χ2v) is 4.84. The largest absolute Gasteiger partial charge is 0.459 e. The van der Waals surface area contributed by atoms with Gasteiger partial charge in [0.1, 0.15) is 11.3 Å². The van der Waals surface area contributed by atoms with Gasteiger partial charge in [-0.1, -0.05) is 44.9 Å². The first-order valence-electron chi connectivity index (χ1n) is 7.07. The van der Waals surface area contributed by atoms with Crippen molar-refractivity contribution in [1.82, 2.24) is 5.32 Å². The normalized spacial score (nSPS) is 13.0. The maximum absolute atomic E-state index is 5.96. The molecule has 0 bridgehead atoms. The Morgan fingerprint density at radius 2 is 2.00 bits per heavy atom. The van der Waals surface area contributed by atoms with Crippen LogP contribution in [0.4, 0.5) is 0 Å². The lowest BCUT2D eigenvalue weighted by Crippen LogP contribution is -2.21. The summed E-state index contributed by atoms with van der Waals surface area (Å²) in [6.07, 6.45) is 4.77. The topological polar surface area (TPSA) is 25.2 Å². The standard InChI is InChI=1S/C16H23NO/c1-3-5-9-14(17-11-4-2)16-12-13-8-6-7-10-15(13)18-16/h6-8,10,12,14,17H,3-5,9,11H2,1-2H3. The molecule has 1 aromatic heterocycles. The van der Waals surface area contributed by atoms with E-state index in [2.05, 4.69) is 37.4 Å². The first kappa shape index (κ1) is 13.2. The van der Waals surface area contributed by atoms with E-state index in [9.17, 15) is 0 Å². The minimum absolute atomic E-state index is 0.359. The summed E-state index contributed by atoms with van der Waals surface area (Å²) in [6, 6.07) is 10.8. The van der Waals surface area contributed by atoms with Gasteiger partial charge in [-0.3, -0.25) is 0 Å². The zero-order valence-electron chi connectivity index (χ0n) is 11.4. The molecule has 0 spiro atoms. The molecule has 0 saturated heterocycles. The molecule has 2 rings (SSSR count). The molecule has 0 aliphatic carbocycles. The number of fused-ring (bicyclic) bond motifs is 1. The van der Waals surface area contributed by atoms with Crippen LogP contribution in [0.5, 0.6) is 0 Å². The minimum atomic E-state index is 0.359. The molecule has 18 heavy (non-hydrogen) atoms. The number of hydrogen-bond donors (Lipinski definition) is 1. The van der Waals surface area contributed by atoms with E-state index in [0.717, 1.165) is 30.7 Å². The van der Waals surface area contributed by atoms with Gasteiger partial charge < -0.3 is 9.73 Å². The lowest BCUT2D eigenvalue weighted by Gasteiger charge is -2.15. The third kappa shape index (κ3) is 3.14. The summed E-state index contributed by atoms with van der Waals surface area (Å²) in [7, 11) is 0. The Hall–Kier alpha value is -1.28. The van der Waals surface area contributed by atoms with Crippen molar-refractivity contribution in [3.8, 4) is 0 Å². The summed E-state index contributed by atoms with van der Waals surface area (Å²) in [5, 5.41) is 4.79. The van der Waals surface area contributed by atoms with Gasteiger partial charge in [-0.2, -0.15) is 0 Å². The second kappa shape index (κ2) is 6.60. The summed E-state index contributed by atoms with van der Waals surface area (Å²) in [5.74, 6) is 1.08. The van der Waals surface area contributed by atoms with Crippen LogP contribution in [-0.4, -0.2) is 6.54 Å². The molecular formula is C16H23NO. The molecule has 1 unspecified atom stereocenters. The van der Waals surface area contributed by atoms with Gasteiger partial charge in [-0.25, -0.2) is 0 Å². The highest BCUT2D eigenvalue weighted by Crippen LogP contribution is 2.26. The number of nitrogens with one attached hydrogen (secondary N) is 1. The van der Waals surface area contributed by atoms with Gasteiger partial charge in [0.15, 0.2) is 0 Å². The molecule has 1 heterocycles. The predicted molar refractivity (Wildman–Crippen MR) is 76.8 cm³/mol. The Labute approximate surface area is 109 Å². The van der Waals surface area contributed by atoms with Gasteiger partial charge in [-0.05, 0) is 31.5 Å². The predicted octanol–water partition coefficient (Wildman–Crippen LogP) is 4.66. The number of unbranched alkanes of at least 4 members (excludes halogenated alkanes) is 1. The van der Waals surface area contributed by atoms with E-state index < -0.39 is 0 Å². The highest BCUT2D eigenvalue weighted by molar-refractivity contribution is 5.77. The Kier molecular flexibility index (Phi) is 4.82. The highest BCUT2D eigenvalue weighted by Gasteiger charge is 2.14. The fourth-order valence-electron chi connectivity index (χ4n) is 2.25. The maximum atomic E-state index is 5.96. The fourth-order valence-corrected chi connectivity index (χ4v) is 2.25. The summed E-state index contributed by atoms with van der Waals surface area (Å²) in [4.78, 5) is 0. The molecular weight excluding hydrogens is 222 g/mol. The molecule has 1 aromatic carbocycles. The van der Waals surface area contributed by atoms with E-state index in [-0.39, 0.29) is 0 Å². The Morgan fingerprint density at radius 1 is 1.17 bits per heavy atom. The molecule has 98 valence electrons. The van der Waals surface area contributed by atoms with Crippen molar-refractivity contribution >= 4 is 11.0 Å². The van der Waals surface area contributed by atoms with Crippen molar-refractivity contribution in [2.75, 3.05) is 6.54 Å². The van der Waals surface area contributed by atoms with Crippen LogP contribution >= 0.6 is 0 Å². The third-order valence-electron chi connectivity index (χ3n) is 3.28. The van der Waals surface area contributed by atoms with Crippen LogP contribution in [0.1, 0.15) is 51.3 Å². The minimum Gasteiger partial charge on any atom is -0.459 e. The summed E-state index contributed by atoms with van der Waals surface area (Å²) < 4.78 is 5.96. The summed E-state index contributed by atoms with van der Waals surface area (Å²) in [5.41, 5.74) is 0.993. The van der Waals surface area contributed by atoms with Crippen molar-refractivity contribution < 1.29 is 4.42 Å². The molecule has 2 nitrogen and oxygen atoms in total. The van der Waals surface area contributed by atoms with Gasteiger partial charge in [0.25, 0.3) is 0 Å². The number of benzene rings is 1. The SMILES string of the molecule is CCCCC(NCCC)c1cc2ccccc2o1. The van der Waals surface area contributed by atoms with Crippen LogP contribution in [-0.2, 0) is 0 Å². The van der Waals surface area contributed by atoms with Crippen molar-refractivity contribution in [3.05, 3.63) is 36.1 Å². The molecule has 0 fully saturated rings. The molecule has 0 aliphatic heterocycles. The molecule has 0 saturated carbocycles. The van der Waals surface area contributed by atoms with E-state index in [1.54, 1.807) is 0 Å². The summed E-state index contributed by atoms with van der Waals surface area (Å²) in [6.45, 7) is 5.48. The van der Waals surface area contributed by atoms with Gasteiger partial charge in [0.05, 0.1) is 6.04 Å². The maximum Gasteiger partial charge on any atom is 0.134 e. The number of rotatable bonds is 7. The molecule has 1 atom stereocenters. The number of para-hydroxylation sites is 1. The van der Waals surface area contributed by atoms with Gasteiger partial charge in [0.2, 0.25) is 0 Å². The van der Waals surface area contributed by atoms with E-state index >= 15 is 0 Å². The monoisotopic (exact) mass is 245 g/mol. The van der Waals surface area contributed by atoms with Crippen LogP contribution < -0.4 is 5.32 Å². The average molecular weight is 245 g/mol. The molecule has 2 aromatic rings. The van der Waals surface area contributed by atoms with Crippen molar-refractivity contribution in [1.29, 1.82) is 0 Å².